The quantitative estimate of drug-likeness (QED) is 0.671. The lowest BCUT2D eigenvalue weighted by atomic mass is 10.1. The molecular weight excluding hydrogens is 402 g/mol. The topological polar surface area (TPSA) is 95.6 Å². The first-order valence-corrected chi connectivity index (χ1v) is 11.7. The minimum absolute atomic E-state index is 0.0630. The molecule has 8 heteroatoms. The number of hydrogen-bond acceptors (Lipinski definition) is 4. The lowest BCUT2D eigenvalue weighted by Gasteiger charge is -2.28. The van der Waals surface area contributed by atoms with Gasteiger partial charge in [0, 0.05) is 6.04 Å². The molecule has 2 aromatic rings. The van der Waals surface area contributed by atoms with Gasteiger partial charge in [-0.15, -0.1) is 0 Å². The van der Waals surface area contributed by atoms with Crippen molar-refractivity contribution < 1.29 is 18.0 Å². The molecule has 0 saturated heterocycles. The van der Waals surface area contributed by atoms with Crippen LogP contribution in [0, 0.1) is 0 Å². The summed E-state index contributed by atoms with van der Waals surface area (Å²) in [5, 5.41) is 5.49. The van der Waals surface area contributed by atoms with E-state index in [4.69, 9.17) is 0 Å². The maximum Gasteiger partial charge on any atom is 0.253 e. The van der Waals surface area contributed by atoms with Crippen molar-refractivity contribution in [3.05, 3.63) is 59.7 Å². The number of carbonyl (C=O) groups is 2. The average molecular weight is 432 g/mol. The smallest absolute Gasteiger partial charge is 0.253 e. The van der Waals surface area contributed by atoms with Gasteiger partial charge in [0.1, 0.15) is 6.04 Å². The summed E-state index contributed by atoms with van der Waals surface area (Å²) in [4.78, 5) is 25.4. The van der Waals surface area contributed by atoms with E-state index in [0.717, 1.165) is 22.5 Å². The van der Waals surface area contributed by atoms with Crippen molar-refractivity contribution in [3.63, 3.8) is 0 Å². The molecule has 7 nitrogen and oxygen atoms in total. The molecule has 2 amide bonds. The van der Waals surface area contributed by atoms with Crippen molar-refractivity contribution in [2.75, 3.05) is 15.9 Å². The normalized spacial score (nSPS) is 12.3. The van der Waals surface area contributed by atoms with E-state index < -0.39 is 22.0 Å². The zero-order valence-electron chi connectivity index (χ0n) is 18.0. The van der Waals surface area contributed by atoms with Gasteiger partial charge in [0.05, 0.1) is 23.2 Å². The molecule has 1 atom stereocenters. The largest absolute Gasteiger partial charge is 0.350 e. The van der Waals surface area contributed by atoms with E-state index >= 15 is 0 Å². The highest BCUT2D eigenvalue weighted by molar-refractivity contribution is 7.92. The highest BCUT2D eigenvalue weighted by Crippen LogP contribution is 2.23. The summed E-state index contributed by atoms with van der Waals surface area (Å²) in [6, 6.07) is 12.6. The zero-order chi connectivity index (χ0) is 22.5. The van der Waals surface area contributed by atoms with Crippen molar-refractivity contribution in [1.82, 2.24) is 5.32 Å². The summed E-state index contributed by atoms with van der Waals surface area (Å²) in [6.07, 6.45) is 1.89. The number of sulfonamides is 1. The summed E-state index contributed by atoms with van der Waals surface area (Å²) >= 11 is 0. The van der Waals surface area contributed by atoms with Gasteiger partial charge in [0.25, 0.3) is 5.91 Å². The van der Waals surface area contributed by atoms with Crippen LogP contribution in [0.1, 0.15) is 43.6 Å². The van der Waals surface area contributed by atoms with Gasteiger partial charge in [-0.2, -0.15) is 0 Å². The molecule has 2 rings (SSSR count). The minimum Gasteiger partial charge on any atom is -0.350 e. The predicted octanol–water partition coefficient (Wildman–Crippen LogP) is 3.18. The lowest BCUT2D eigenvalue weighted by molar-refractivity contribution is -0.116. The molecule has 30 heavy (non-hydrogen) atoms. The van der Waals surface area contributed by atoms with Crippen LogP contribution >= 0.6 is 0 Å². The monoisotopic (exact) mass is 431 g/mol. The van der Waals surface area contributed by atoms with Gasteiger partial charge in [-0.1, -0.05) is 31.2 Å². The summed E-state index contributed by atoms with van der Waals surface area (Å²) in [7, 11) is -3.72. The highest BCUT2D eigenvalue weighted by atomic mass is 32.2. The molecule has 2 aromatic carbocycles. The van der Waals surface area contributed by atoms with Crippen LogP contribution in [0.2, 0.25) is 0 Å². The van der Waals surface area contributed by atoms with Gasteiger partial charge in [0.15, 0.2) is 0 Å². The maximum absolute atomic E-state index is 12.9. The molecular formula is C22H29N3O4S. The van der Waals surface area contributed by atoms with Crippen LogP contribution in [0.25, 0.3) is 0 Å². The number of para-hydroxylation sites is 1. The first-order valence-electron chi connectivity index (χ1n) is 9.83. The molecule has 0 aromatic heterocycles. The molecule has 0 saturated carbocycles. The predicted molar refractivity (Wildman–Crippen MR) is 120 cm³/mol. The van der Waals surface area contributed by atoms with E-state index in [0.29, 0.717) is 16.9 Å². The molecule has 162 valence electrons. The van der Waals surface area contributed by atoms with Crippen LogP contribution < -0.4 is 14.9 Å². The fourth-order valence-electron chi connectivity index (χ4n) is 3.05. The van der Waals surface area contributed by atoms with E-state index in [1.54, 1.807) is 36.4 Å². The van der Waals surface area contributed by atoms with Crippen molar-refractivity contribution in [3.8, 4) is 0 Å². The van der Waals surface area contributed by atoms with Crippen LogP contribution in [-0.2, 0) is 21.2 Å². The van der Waals surface area contributed by atoms with Gasteiger partial charge in [-0.25, -0.2) is 8.42 Å². The molecule has 0 aliphatic rings. The second kappa shape index (κ2) is 9.75. The number of nitrogens with one attached hydrogen (secondary N) is 2. The molecule has 0 bridgehead atoms. The van der Waals surface area contributed by atoms with Crippen molar-refractivity contribution >= 4 is 33.2 Å². The number of carbonyl (C=O) groups excluding carboxylic acids is 2. The fraction of sp³-hybridized carbons (Fsp3) is 0.364. The van der Waals surface area contributed by atoms with Gasteiger partial charge in [0.2, 0.25) is 15.9 Å². The third kappa shape index (κ3) is 5.82. The Kier molecular flexibility index (Phi) is 7.61. The van der Waals surface area contributed by atoms with Gasteiger partial charge in [-0.05, 0) is 57.0 Å². The molecule has 0 radical (unpaired) electrons. The Morgan fingerprint density at radius 2 is 1.60 bits per heavy atom. The second-order valence-electron chi connectivity index (χ2n) is 7.42. The summed E-state index contributed by atoms with van der Waals surface area (Å²) in [5.74, 6) is -0.853. The van der Waals surface area contributed by atoms with Crippen molar-refractivity contribution in [1.29, 1.82) is 0 Å². The van der Waals surface area contributed by atoms with Crippen LogP contribution in [0.4, 0.5) is 11.4 Å². The van der Waals surface area contributed by atoms with E-state index in [-0.39, 0.29) is 11.9 Å². The number of rotatable bonds is 8. The summed E-state index contributed by atoms with van der Waals surface area (Å²) in [5.41, 5.74) is 2.10. The molecule has 0 unspecified atom stereocenters. The van der Waals surface area contributed by atoms with Crippen molar-refractivity contribution in [2.45, 2.75) is 46.2 Å². The Labute approximate surface area is 178 Å². The number of hydrogen-bond donors (Lipinski definition) is 2. The van der Waals surface area contributed by atoms with E-state index in [1.165, 1.54) is 6.92 Å². The molecule has 2 N–H and O–H groups in total. The third-order valence-electron chi connectivity index (χ3n) is 4.54. The number of nitrogens with zero attached hydrogens (tertiary/aromatic N) is 1. The molecule has 0 fully saturated rings. The SMILES string of the molecule is CCc1ccc(N([C@H](C)C(=O)Nc2ccccc2C(=O)NC(C)C)S(C)(=O)=O)cc1. The zero-order valence-corrected chi connectivity index (χ0v) is 18.8. The standard InChI is InChI=1S/C22H29N3O4S/c1-6-17-11-13-18(14-12-17)25(30(5,28)29)16(4)21(26)24-20-10-8-7-9-19(20)22(27)23-15(2)3/h7-16H,6H2,1-5H3,(H,23,27)(H,24,26)/t16-/m1/s1. The fourth-order valence-corrected chi connectivity index (χ4v) is 4.23. The number of benzene rings is 2. The van der Waals surface area contributed by atoms with Gasteiger partial charge >= 0.3 is 0 Å². The van der Waals surface area contributed by atoms with Gasteiger partial charge in [-0.3, -0.25) is 13.9 Å². The minimum atomic E-state index is -3.72. The number of aryl methyl sites for hydroxylation is 1. The van der Waals surface area contributed by atoms with E-state index in [1.807, 2.05) is 32.9 Å². The van der Waals surface area contributed by atoms with Gasteiger partial charge < -0.3 is 10.6 Å². The van der Waals surface area contributed by atoms with Crippen molar-refractivity contribution in [2.24, 2.45) is 0 Å². The Morgan fingerprint density at radius 1 is 1.00 bits per heavy atom. The Balaban J connectivity index is 2.31. The van der Waals surface area contributed by atoms with E-state index in [2.05, 4.69) is 10.6 Å². The first-order chi connectivity index (χ1) is 14.0. The highest BCUT2D eigenvalue weighted by Gasteiger charge is 2.29. The Hall–Kier alpha value is -2.87. The summed E-state index contributed by atoms with van der Waals surface area (Å²) in [6.45, 7) is 7.21. The Morgan fingerprint density at radius 3 is 2.13 bits per heavy atom. The third-order valence-corrected chi connectivity index (χ3v) is 5.78. The van der Waals surface area contributed by atoms with Crippen LogP contribution in [0.15, 0.2) is 48.5 Å². The first kappa shape index (κ1) is 23.4. The van der Waals surface area contributed by atoms with Crippen LogP contribution in [0.5, 0.6) is 0 Å². The number of amides is 2. The molecule has 0 spiro atoms. The lowest BCUT2D eigenvalue weighted by Crippen LogP contribution is -2.45. The molecule has 0 heterocycles. The van der Waals surface area contributed by atoms with Crippen LogP contribution in [-0.4, -0.2) is 38.6 Å². The number of anilines is 2. The van der Waals surface area contributed by atoms with E-state index in [9.17, 15) is 18.0 Å². The maximum atomic E-state index is 12.9. The Bertz CT molecular complexity index is 1000. The second-order valence-corrected chi connectivity index (χ2v) is 9.28. The summed E-state index contributed by atoms with van der Waals surface area (Å²) < 4.78 is 26.0. The molecule has 0 aliphatic heterocycles. The molecule has 0 aliphatic carbocycles. The van der Waals surface area contributed by atoms with Crippen LogP contribution in [0.3, 0.4) is 0 Å². The average Bonchev–Trinajstić information content (AvgIpc) is 2.67.